The van der Waals surface area contributed by atoms with E-state index in [1.54, 1.807) is 0 Å². The Morgan fingerprint density at radius 3 is 2.35 bits per heavy atom. The number of fused-ring (bicyclic) bond motifs is 1. The van der Waals surface area contributed by atoms with Gasteiger partial charge in [-0.2, -0.15) is 13.2 Å². The van der Waals surface area contributed by atoms with Crippen LogP contribution in [0.15, 0.2) is 18.2 Å². The van der Waals surface area contributed by atoms with Crippen LogP contribution >= 0.6 is 0 Å². The molecule has 1 heterocycles. The van der Waals surface area contributed by atoms with Crippen LogP contribution in [0.25, 0.3) is 10.8 Å². The van der Waals surface area contributed by atoms with E-state index in [9.17, 15) is 26.3 Å². The molecule has 184 valence electrons. The molecule has 1 saturated carbocycles. The average Bonchev–Trinajstić information content (AvgIpc) is 2.77. The molecule has 4 rings (SSSR count). The third-order valence-electron chi connectivity index (χ3n) is 6.83. The third kappa shape index (κ3) is 5.80. The van der Waals surface area contributed by atoms with Gasteiger partial charge in [-0.25, -0.2) is 13.2 Å². The van der Waals surface area contributed by atoms with Gasteiger partial charge in [0.05, 0.1) is 23.7 Å². The highest BCUT2D eigenvalue weighted by molar-refractivity contribution is 5.86. The fourth-order valence-electron chi connectivity index (χ4n) is 4.93. The van der Waals surface area contributed by atoms with Crippen LogP contribution in [-0.4, -0.2) is 25.5 Å². The van der Waals surface area contributed by atoms with E-state index in [1.807, 2.05) is 0 Å². The predicted molar refractivity (Wildman–Crippen MR) is 116 cm³/mol. The van der Waals surface area contributed by atoms with Gasteiger partial charge >= 0.3 is 6.18 Å². The Morgan fingerprint density at radius 2 is 1.71 bits per heavy atom. The SMILES string of the molecule is CC1CCC(C2CCC(COc3cc(F)c4c(F)c(C#CC(F)(F)F)c(F)cc4c3)CC2)OC1. The van der Waals surface area contributed by atoms with Gasteiger partial charge in [0.25, 0.3) is 0 Å². The number of benzene rings is 2. The topological polar surface area (TPSA) is 18.5 Å². The molecule has 0 radical (unpaired) electrons. The van der Waals surface area contributed by atoms with E-state index in [-0.39, 0.29) is 17.1 Å². The van der Waals surface area contributed by atoms with Crippen LogP contribution in [0.1, 0.15) is 51.0 Å². The second-order valence-electron chi connectivity index (χ2n) is 9.44. The van der Waals surface area contributed by atoms with Gasteiger partial charge in [-0.15, -0.1) is 0 Å². The lowest BCUT2D eigenvalue weighted by Gasteiger charge is -2.37. The zero-order valence-electron chi connectivity index (χ0n) is 18.8. The van der Waals surface area contributed by atoms with Crippen LogP contribution in [-0.2, 0) is 4.74 Å². The molecule has 0 aromatic heterocycles. The van der Waals surface area contributed by atoms with Crippen LogP contribution < -0.4 is 4.74 Å². The zero-order valence-corrected chi connectivity index (χ0v) is 18.8. The number of alkyl halides is 3. The van der Waals surface area contributed by atoms with Crippen LogP contribution in [0.2, 0.25) is 0 Å². The van der Waals surface area contributed by atoms with Crippen molar-refractivity contribution in [2.75, 3.05) is 13.2 Å². The lowest BCUT2D eigenvalue weighted by molar-refractivity contribution is -0.0696. The first kappa shape index (κ1) is 24.7. The predicted octanol–water partition coefficient (Wildman–Crippen LogP) is 7.17. The maximum atomic E-state index is 14.6. The van der Waals surface area contributed by atoms with Gasteiger partial charge < -0.3 is 9.47 Å². The van der Waals surface area contributed by atoms with Gasteiger partial charge in [0.2, 0.25) is 0 Å². The molecule has 0 spiro atoms. The maximum absolute atomic E-state index is 14.6. The minimum absolute atomic E-state index is 0.115. The van der Waals surface area contributed by atoms with E-state index in [2.05, 4.69) is 6.92 Å². The molecule has 1 aliphatic carbocycles. The van der Waals surface area contributed by atoms with Gasteiger partial charge in [-0.3, -0.25) is 0 Å². The summed E-state index contributed by atoms with van der Waals surface area (Å²) >= 11 is 0. The van der Waals surface area contributed by atoms with Gasteiger partial charge in [-0.05, 0) is 73.8 Å². The number of ether oxygens (including phenoxy) is 2. The highest BCUT2D eigenvalue weighted by atomic mass is 19.4. The summed E-state index contributed by atoms with van der Waals surface area (Å²) in [6.07, 6.45) is 1.68. The first-order valence-corrected chi connectivity index (χ1v) is 11.6. The molecule has 34 heavy (non-hydrogen) atoms. The van der Waals surface area contributed by atoms with E-state index in [4.69, 9.17) is 9.47 Å². The van der Waals surface area contributed by atoms with Gasteiger partial charge in [0, 0.05) is 18.6 Å². The summed E-state index contributed by atoms with van der Waals surface area (Å²) in [5.74, 6) is -0.0168. The van der Waals surface area contributed by atoms with Crippen LogP contribution in [0.3, 0.4) is 0 Å². The lowest BCUT2D eigenvalue weighted by atomic mass is 9.77. The number of rotatable bonds is 4. The number of hydrogen-bond acceptors (Lipinski definition) is 2. The van der Waals surface area contributed by atoms with E-state index in [1.165, 1.54) is 18.4 Å². The molecule has 2 aliphatic rings. The molecule has 1 aliphatic heterocycles. The Balaban J connectivity index is 1.41. The number of hydrogen-bond donors (Lipinski definition) is 0. The first-order chi connectivity index (χ1) is 16.1. The van der Waals surface area contributed by atoms with Gasteiger partial charge in [0.1, 0.15) is 17.4 Å². The summed E-state index contributed by atoms with van der Waals surface area (Å²) < 4.78 is 92.1. The second-order valence-corrected chi connectivity index (χ2v) is 9.44. The molecule has 2 nitrogen and oxygen atoms in total. The van der Waals surface area contributed by atoms with E-state index in [0.29, 0.717) is 24.5 Å². The zero-order chi connectivity index (χ0) is 24.5. The molecule has 8 heteroatoms. The fraction of sp³-hybridized carbons (Fsp3) is 0.538. The minimum atomic E-state index is -4.93. The molecular weight excluding hydrogens is 458 g/mol. The molecule has 2 unspecified atom stereocenters. The van der Waals surface area contributed by atoms with Crippen molar-refractivity contribution in [1.29, 1.82) is 0 Å². The molecule has 2 fully saturated rings. The Hall–Kier alpha value is -2.40. The Morgan fingerprint density at radius 1 is 0.971 bits per heavy atom. The minimum Gasteiger partial charge on any atom is -0.493 e. The second kappa shape index (κ2) is 10.1. The molecule has 2 atom stereocenters. The van der Waals surface area contributed by atoms with Crippen molar-refractivity contribution in [3.05, 3.63) is 41.2 Å². The summed E-state index contributed by atoms with van der Waals surface area (Å²) in [7, 11) is 0. The summed E-state index contributed by atoms with van der Waals surface area (Å²) in [4.78, 5) is 0. The summed E-state index contributed by atoms with van der Waals surface area (Å²) in [5.41, 5.74) is -1.12. The van der Waals surface area contributed by atoms with Crippen molar-refractivity contribution in [2.24, 2.45) is 17.8 Å². The number of halogens is 6. The molecule has 0 bridgehead atoms. The molecule has 1 saturated heterocycles. The lowest BCUT2D eigenvalue weighted by Crippen LogP contribution is -2.34. The van der Waals surface area contributed by atoms with E-state index < -0.39 is 34.6 Å². The van der Waals surface area contributed by atoms with Crippen molar-refractivity contribution >= 4 is 10.8 Å². The highest BCUT2D eigenvalue weighted by Crippen LogP contribution is 2.36. The largest absolute Gasteiger partial charge is 0.493 e. The Labute approximate surface area is 194 Å². The standard InChI is InChI=1S/C26H26F6O2/c1-15-2-7-23(34-13-15)17-5-3-16(4-6-17)14-33-19-10-18-11-21(27)20(8-9-26(30,31)32)25(29)24(18)22(28)12-19/h10-12,15-17,23H,2-7,13-14H2,1H3. The van der Waals surface area contributed by atoms with Crippen LogP contribution in [0.4, 0.5) is 26.3 Å². The monoisotopic (exact) mass is 484 g/mol. The molecule has 0 amide bonds. The maximum Gasteiger partial charge on any atom is 0.458 e. The quantitative estimate of drug-likeness (QED) is 0.338. The fourth-order valence-corrected chi connectivity index (χ4v) is 4.93. The summed E-state index contributed by atoms with van der Waals surface area (Å²) in [5, 5.41) is -0.766. The highest BCUT2D eigenvalue weighted by Gasteiger charge is 2.31. The van der Waals surface area contributed by atoms with Crippen molar-refractivity contribution in [3.63, 3.8) is 0 Å². The Kier molecular flexibility index (Phi) is 7.32. The van der Waals surface area contributed by atoms with Crippen molar-refractivity contribution in [2.45, 2.75) is 57.7 Å². The molecule has 2 aromatic carbocycles. The van der Waals surface area contributed by atoms with Gasteiger partial charge in [0.15, 0.2) is 5.82 Å². The molecule has 2 aromatic rings. The Bertz CT molecular complexity index is 1080. The average molecular weight is 484 g/mol. The van der Waals surface area contributed by atoms with Crippen molar-refractivity contribution in [3.8, 4) is 17.6 Å². The summed E-state index contributed by atoms with van der Waals surface area (Å²) in [6, 6.07) is 3.02. The first-order valence-electron chi connectivity index (χ1n) is 11.6. The normalized spacial score (nSPS) is 25.6. The van der Waals surface area contributed by atoms with E-state index >= 15 is 0 Å². The van der Waals surface area contributed by atoms with Crippen molar-refractivity contribution < 1.29 is 35.8 Å². The van der Waals surface area contributed by atoms with Gasteiger partial charge in [-0.1, -0.05) is 12.8 Å². The summed E-state index contributed by atoms with van der Waals surface area (Å²) in [6.45, 7) is 3.36. The third-order valence-corrected chi connectivity index (χ3v) is 6.83. The van der Waals surface area contributed by atoms with Crippen LogP contribution in [0.5, 0.6) is 5.75 Å². The van der Waals surface area contributed by atoms with Crippen LogP contribution in [0, 0.1) is 47.0 Å². The smallest absolute Gasteiger partial charge is 0.458 e. The van der Waals surface area contributed by atoms with Crippen molar-refractivity contribution in [1.82, 2.24) is 0 Å². The molecule has 0 N–H and O–H groups in total. The van der Waals surface area contributed by atoms with E-state index in [0.717, 1.165) is 56.8 Å². The molecular formula is C26H26F6O2.